The number of hydrogen-bond donors (Lipinski definition) is 2. The Morgan fingerprint density at radius 1 is 0.848 bits per heavy atom. The fraction of sp³-hybridized carbons (Fsp3) is 0.963. The second-order valence-electron chi connectivity index (χ2n) is 12.4. The third kappa shape index (κ3) is 4.49. The van der Waals surface area contributed by atoms with Crippen molar-refractivity contribution in [2.45, 2.75) is 139 Å². The molecule has 6 fully saturated rings. The monoisotopic (exact) mass is 460 g/mol. The lowest BCUT2D eigenvalue weighted by atomic mass is 9.77. The van der Waals surface area contributed by atoms with Gasteiger partial charge >= 0.3 is 0 Å². The minimum Gasteiger partial charge on any atom is -0.352 e. The second kappa shape index (κ2) is 9.39. The molecule has 0 aromatic heterocycles. The van der Waals surface area contributed by atoms with E-state index in [1.807, 2.05) is 0 Å². The lowest BCUT2D eigenvalue weighted by Gasteiger charge is -2.54. The molecule has 186 valence electrons. The number of hydrogen-bond acceptors (Lipinski definition) is 4. The van der Waals surface area contributed by atoms with Crippen LogP contribution in [0.2, 0.25) is 0 Å². The number of nitrogens with one attached hydrogen (secondary N) is 2. The van der Waals surface area contributed by atoms with E-state index in [2.05, 4.69) is 27.4 Å². The van der Waals surface area contributed by atoms with Gasteiger partial charge < -0.3 is 10.6 Å². The van der Waals surface area contributed by atoms with E-state index in [4.69, 9.17) is 0 Å². The Bertz CT molecular complexity index is 698. The summed E-state index contributed by atoms with van der Waals surface area (Å²) in [5, 5.41) is 6.94. The number of fused-ring (bicyclic) bond motifs is 2. The van der Waals surface area contributed by atoms with E-state index in [0.717, 1.165) is 37.4 Å². The average molecular weight is 461 g/mol. The molecule has 2 saturated heterocycles. The van der Waals surface area contributed by atoms with Crippen LogP contribution in [0, 0.1) is 11.8 Å². The van der Waals surface area contributed by atoms with Crippen molar-refractivity contribution in [1.82, 2.24) is 20.4 Å². The van der Waals surface area contributed by atoms with Crippen molar-refractivity contribution in [3.05, 3.63) is 0 Å². The summed E-state index contributed by atoms with van der Waals surface area (Å²) in [6.45, 7) is 4.67. The molecule has 9 unspecified atom stereocenters. The molecule has 0 aromatic rings. The number of alkyl halides is 1. The zero-order chi connectivity index (χ0) is 22.5. The van der Waals surface area contributed by atoms with Gasteiger partial charge in [-0.1, -0.05) is 19.8 Å². The zero-order valence-electron chi connectivity index (χ0n) is 20.6. The van der Waals surface area contributed by atoms with Crippen LogP contribution in [0.4, 0.5) is 4.39 Å². The SMILES string of the molecule is CC1CCC(F)C2CC(C(=O)NC3CCCC(N4CCN(C5CC5)C5CCCCC54)C3)NC12. The molecule has 33 heavy (non-hydrogen) atoms. The molecule has 6 aliphatic rings. The van der Waals surface area contributed by atoms with E-state index in [0.29, 0.717) is 24.8 Å². The van der Waals surface area contributed by atoms with Gasteiger partial charge in [0.15, 0.2) is 0 Å². The van der Waals surface area contributed by atoms with Crippen LogP contribution in [0.15, 0.2) is 0 Å². The molecule has 0 aromatic carbocycles. The van der Waals surface area contributed by atoms with Gasteiger partial charge in [0, 0.05) is 55.3 Å². The van der Waals surface area contributed by atoms with Crippen LogP contribution in [-0.4, -0.2) is 77.3 Å². The van der Waals surface area contributed by atoms with E-state index in [-0.39, 0.29) is 30.0 Å². The van der Waals surface area contributed by atoms with E-state index in [1.54, 1.807) is 0 Å². The van der Waals surface area contributed by atoms with Gasteiger partial charge in [0.05, 0.1) is 6.04 Å². The minimum atomic E-state index is -0.742. The van der Waals surface area contributed by atoms with Crippen LogP contribution in [0.25, 0.3) is 0 Å². The van der Waals surface area contributed by atoms with E-state index >= 15 is 0 Å². The average Bonchev–Trinajstić information content (AvgIpc) is 3.57. The largest absolute Gasteiger partial charge is 0.352 e. The Morgan fingerprint density at radius 2 is 1.58 bits per heavy atom. The van der Waals surface area contributed by atoms with Crippen LogP contribution in [0.3, 0.4) is 0 Å². The molecular weight excluding hydrogens is 415 g/mol. The molecule has 4 saturated carbocycles. The molecule has 4 aliphatic carbocycles. The second-order valence-corrected chi connectivity index (χ2v) is 12.4. The molecule has 6 rings (SSSR count). The summed E-state index contributed by atoms with van der Waals surface area (Å²) in [5.74, 6) is 0.620. The standard InChI is InChI=1S/C27H45FN4O/c1-17-9-12-22(28)21-16-23(30-26(17)21)27(33)29-18-5-4-6-20(15-18)32-14-13-31(19-10-11-19)24-7-2-3-8-25(24)32/h17-26,30H,2-16H2,1H3,(H,29,33). The number of carbonyl (C=O) groups is 1. The third-order valence-electron chi connectivity index (χ3n) is 10.3. The van der Waals surface area contributed by atoms with Gasteiger partial charge in [-0.25, -0.2) is 4.39 Å². The van der Waals surface area contributed by atoms with E-state index < -0.39 is 6.17 Å². The highest BCUT2D eigenvalue weighted by molar-refractivity contribution is 5.82. The Balaban J connectivity index is 1.06. The topological polar surface area (TPSA) is 47.6 Å². The lowest BCUT2D eigenvalue weighted by Crippen LogP contribution is -2.64. The predicted molar refractivity (Wildman–Crippen MR) is 129 cm³/mol. The first-order valence-electron chi connectivity index (χ1n) is 14.3. The van der Waals surface area contributed by atoms with Gasteiger partial charge in [0.1, 0.15) is 6.17 Å². The lowest BCUT2D eigenvalue weighted by molar-refractivity contribution is -0.124. The van der Waals surface area contributed by atoms with Crippen molar-refractivity contribution in [3.8, 4) is 0 Å². The van der Waals surface area contributed by atoms with Crippen LogP contribution in [0.1, 0.15) is 90.4 Å². The molecule has 0 spiro atoms. The first-order chi connectivity index (χ1) is 16.1. The van der Waals surface area contributed by atoms with Crippen molar-refractivity contribution < 1.29 is 9.18 Å². The molecule has 0 bridgehead atoms. The van der Waals surface area contributed by atoms with Gasteiger partial charge in [-0.3, -0.25) is 14.6 Å². The summed E-state index contributed by atoms with van der Waals surface area (Å²) >= 11 is 0. The Morgan fingerprint density at radius 3 is 2.27 bits per heavy atom. The van der Waals surface area contributed by atoms with Gasteiger partial charge in [-0.2, -0.15) is 0 Å². The maximum absolute atomic E-state index is 14.5. The predicted octanol–water partition coefficient (Wildman–Crippen LogP) is 3.62. The van der Waals surface area contributed by atoms with Gasteiger partial charge in [0.25, 0.3) is 0 Å². The number of halogens is 1. The summed E-state index contributed by atoms with van der Waals surface area (Å²) in [6.07, 6.45) is 14.6. The third-order valence-corrected chi connectivity index (χ3v) is 10.3. The first-order valence-corrected chi connectivity index (χ1v) is 14.3. The number of rotatable bonds is 4. The molecule has 6 heteroatoms. The van der Waals surface area contributed by atoms with Crippen molar-refractivity contribution in [3.63, 3.8) is 0 Å². The molecule has 2 heterocycles. The van der Waals surface area contributed by atoms with Crippen LogP contribution < -0.4 is 10.6 Å². The van der Waals surface area contributed by atoms with Crippen LogP contribution >= 0.6 is 0 Å². The summed E-state index contributed by atoms with van der Waals surface area (Å²) in [5.41, 5.74) is 0. The highest BCUT2D eigenvalue weighted by Gasteiger charge is 2.48. The molecular formula is C27H45FN4O. The van der Waals surface area contributed by atoms with Crippen LogP contribution in [0.5, 0.6) is 0 Å². The van der Waals surface area contributed by atoms with Crippen molar-refractivity contribution in [1.29, 1.82) is 0 Å². The molecule has 0 radical (unpaired) electrons. The maximum Gasteiger partial charge on any atom is 0.237 e. The minimum absolute atomic E-state index is 0.0228. The molecule has 1 amide bonds. The Labute approximate surface area is 199 Å². The van der Waals surface area contributed by atoms with Gasteiger partial charge in [-0.15, -0.1) is 0 Å². The van der Waals surface area contributed by atoms with Crippen molar-refractivity contribution >= 4 is 5.91 Å². The maximum atomic E-state index is 14.5. The summed E-state index contributed by atoms with van der Waals surface area (Å²) < 4.78 is 14.5. The highest BCUT2D eigenvalue weighted by atomic mass is 19.1. The van der Waals surface area contributed by atoms with Gasteiger partial charge in [-0.05, 0) is 76.5 Å². The molecule has 2 N–H and O–H groups in total. The smallest absolute Gasteiger partial charge is 0.237 e. The fourth-order valence-electron chi connectivity index (χ4n) is 8.44. The Hall–Kier alpha value is -0.720. The fourth-order valence-corrected chi connectivity index (χ4v) is 8.44. The summed E-state index contributed by atoms with van der Waals surface area (Å²) in [6, 6.07) is 3.25. The first kappa shape index (κ1) is 22.7. The quantitative estimate of drug-likeness (QED) is 0.673. The van der Waals surface area contributed by atoms with Crippen LogP contribution in [-0.2, 0) is 4.79 Å². The van der Waals surface area contributed by atoms with Gasteiger partial charge in [0.2, 0.25) is 5.91 Å². The van der Waals surface area contributed by atoms with Crippen molar-refractivity contribution in [2.24, 2.45) is 11.8 Å². The van der Waals surface area contributed by atoms with E-state index in [9.17, 15) is 9.18 Å². The molecule has 9 atom stereocenters. The normalized spacial score (nSPS) is 47.0. The molecule has 5 nitrogen and oxygen atoms in total. The number of piperazine rings is 1. The summed E-state index contributed by atoms with van der Waals surface area (Å²) in [7, 11) is 0. The zero-order valence-corrected chi connectivity index (χ0v) is 20.6. The number of carbonyl (C=O) groups excluding carboxylic acids is 1. The molecule has 2 aliphatic heterocycles. The summed E-state index contributed by atoms with van der Waals surface area (Å²) in [4.78, 5) is 18.9. The number of amides is 1. The van der Waals surface area contributed by atoms with E-state index in [1.165, 1.54) is 64.5 Å². The van der Waals surface area contributed by atoms with Crippen molar-refractivity contribution in [2.75, 3.05) is 13.1 Å². The number of nitrogens with zero attached hydrogens (tertiary/aromatic N) is 2. The Kier molecular flexibility index (Phi) is 6.46. The highest BCUT2D eigenvalue weighted by Crippen LogP contribution is 2.41.